The zero-order chi connectivity index (χ0) is 11.8. The standard InChI is InChI=1S/C14H28N2/c1-11-6-9-14(16,12(2)10-11)13(15)7-4-3-5-8-13/h11-12H,3-10,15-16H2,1-2H3. The molecular weight excluding hydrogens is 196 g/mol. The molecule has 0 aliphatic heterocycles. The monoisotopic (exact) mass is 224 g/mol. The Bertz CT molecular complexity index is 245. The van der Waals surface area contributed by atoms with Gasteiger partial charge >= 0.3 is 0 Å². The molecule has 2 fully saturated rings. The smallest absolute Gasteiger partial charge is 0.0362 e. The normalized spacial score (nSPS) is 44.2. The molecule has 2 rings (SSSR count). The van der Waals surface area contributed by atoms with E-state index < -0.39 is 0 Å². The predicted octanol–water partition coefficient (Wildman–Crippen LogP) is 2.80. The van der Waals surface area contributed by atoms with E-state index in [2.05, 4.69) is 13.8 Å². The first kappa shape index (κ1) is 12.4. The van der Waals surface area contributed by atoms with Crippen molar-refractivity contribution in [3.05, 3.63) is 0 Å². The van der Waals surface area contributed by atoms with Gasteiger partial charge in [-0.25, -0.2) is 0 Å². The summed E-state index contributed by atoms with van der Waals surface area (Å²) >= 11 is 0. The molecule has 0 aromatic heterocycles. The van der Waals surface area contributed by atoms with Gasteiger partial charge in [-0.15, -0.1) is 0 Å². The van der Waals surface area contributed by atoms with Crippen LogP contribution in [-0.2, 0) is 0 Å². The molecule has 2 aliphatic carbocycles. The molecule has 0 amide bonds. The molecule has 0 aromatic carbocycles. The highest BCUT2D eigenvalue weighted by Gasteiger charge is 2.50. The summed E-state index contributed by atoms with van der Waals surface area (Å²) in [5.41, 5.74) is 13.3. The van der Waals surface area contributed by atoms with Gasteiger partial charge in [-0.1, -0.05) is 33.1 Å². The maximum Gasteiger partial charge on any atom is 0.0362 e. The molecule has 16 heavy (non-hydrogen) atoms. The average Bonchev–Trinajstić information content (AvgIpc) is 2.25. The predicted molar refractivity (Wildman–Crippen MR) is 69.1 cm³/mol. The highest BCUT2D eigenvalue weighted by molar-refractivity contribution is 5.12. The molecule has 0 radical (unpaired) electrons. The molecule has 2 nitrogen and oxygen atoms in total. The van der Waals surface area contributed by atoms with Crippen molar-refractivity contribution in [3.63, 3.8) is 0 Å². The van der Waals surface area contributed by atoms with E-state index in [1.807, 2.05) is 0 Å². The van der Waals surface area contributed by atoms with Crippen molar-refractivity contribution in [2.75, 3.05) is 0 Å². The lowest BCUT2D eigenvalue weighted by Crippen LogP contribution is -2.70. The van der Waals surface area contributed by atoms with Crippen LogP contribution in [0, 0.1) is 11.8 Å². The van der Waals surface area contributed by atoms with E-state index in [1.54, 1.807) is 0 Å². The van der Waals surface area contributed by atoms with Crippen molar-refractivity contribution in [3.8, 4) is 0 Å². The van der Waals surface area contributed by atoms with Crippen molar-refractivity contribution in [1.82, 2.24) is 0 Å². The zero-order valence-corrected chi connectivity index (χ0v) is 11.0. The number of nitrogens with two attached hydrogens (primary N) is 2. The van der Waals surface area contributed by atoms with E-state index in [-0.39, 0.29) is 11.1 Å². The Morgan fingerprint density at radius 1 is 0.938 bits per heavy atom. The third-order valence-electron chi connectivity index (χ3n) is 5.36. The molecule has 2 heteroatoms. The first-order chi connectivity index (χ1) is 7.48. The Hall–Kier alpha value is -0.0800. The van der Waals surface area contributed by atoms with Gasteiger partial charge in [0.25, 0.3) is 0 Å². The summed E-state index contributed by atoms with van der Waals surface area (Å²) in [7, 11) is 0. The second-order valence-electron chi connectivity index (χ2n) is 6.54. The van der Waals surface area contributed by atoms with Crippen LogP contribution in [0.1, 0.15) is 65.2 Å². The molecule has 0 aromatic rings. The summed E-state index contributed by atoms with van der Waals surface area (Å²) in [6, 6.07) is 0. The maximum atomic E-state index is 6.75. The van der Waals surface area contributed by atoms with E-state index in [0.29, 0.717) is 5.92 Å². The molecule has 3 atom stereocenters. The van der Waals surface area contributed by atoms with Crippen molar-refractivity contribution in [2.45, 2.75) is 76.3 Å². The van der Waals surface area contributed by atoms with Gasteiger partial charge in [0.15, 0.2) is 0 Å². The topological polar surface area (TPSA) is 52.0 Å². The van der Waals surface area contributed by atoms with Crippen LogP contribution in [0.2, 0.25) is 0 Å². The third kappa shape index (κ3) is 1.91. The molecule has 0 saturated heterocycles. The molecule has 2 aliphatic rings. The Balaban J connectivity index is 2.16. The SMILES string of the molecule is CC1CCC(N)(C2(N)CCCCC2)C(C)C1. The summed E-state index contributed by atoms with van der Waals surface area (Å²) < 4.78 is 0. The molecule has 2 saturated carbocycles. The fraction of sp³-hybridized carbons (Fsp3) is 1.00. The van der Waals surface area contributed by atoms with Crippen LogP contribution >= 0.6 is 0 Å². The lowest BCUT2D eigenvalue weighted by molar-refractivity contribution is 0.0539. The quantitative estimate of drug-likeness (QED) is 0.719. The zero-order valence-electron chi connectivity index (χ0n) is 11.0. The molecule has 4 N–H and O–H groups in total. The minimum atomic E-state index is -0.0973. The third-order valence-corrected chi connectivity index (χ3v) is 5.36. The summed E-state index contributed by atoms with van der Waals surface area (Å²) in [5, 5.41) is 0. The van der Waals surface area contributed by atoms with Crippen LogP contribution in [0.5, 0.6) is 0 Å². The van der Waals surface area contributed by atoms with E-state index in [9.17, 15) is 0 Å². The second kappa shape index (κ2) is 4.30. The lowest BCUT2D eigenvalue weighted by Gasteiger charge is -2.54. The number of rotatable bonds is 1. The van der Waals surface area contributed by atoms with E-state index in [4.69, 9.17) is 11.5 Å². The number of hydrogen-bond donors (Lipinski definition) is 2. The molecule has 3 unspecified atom stereocenters. The summed E-state index contributed by atoms with van der Waals surface area (Å²) in [6.07, 6.45) is 9.83. The van der Waals surface area contributed by atoms with Gasteiger partial charge in [-0.2, -0.15) is 0 Å². The van der Waals surface area contributed by atoms with Gasteiger partial charge < -0.3 is 11.5 Å². The number of hydrogen-bond acceptors (Lipinski definition) is 2. The highest BCUT2D eigenvalue weighted by Crippen LogP contribution is 2.45. The fourth-order valence-electron chi connectivity index (χ4n) is 4.05. The lowest BCUT2D eigenvalue weighted by atomic mass is 9.57. The van der Waals surface area contributed by atoms with Crippen molar-refractivity contribution in [2.24, 2.45) is 23.3 Å². The highest BCUT2D eigenvalue weighted by atomic mass is 14.9. The van der Waals surface area contributed by atoms with E-state index in [1.165, 1.54) is 32.1 Å². The van der Waals surface area contributed by atoms with Gasteiger partial charge in [-0.05, 0) is 43.9 Å². The Morgan fingerprint density at radius 2 is 1.56 bits per heavy atom. The van der Waals surface area contributed by atoms with Gasteiger partial charge in [-0.3, -0.25) is 0 Å². The molecule has 0 bridgehead atoms. The summed E-state index contributed by atoms with van der Waals surface area (Å²) in [5.74, 6) is 1.42. The van der Waals surface area contributed by atoms with Crippen molar-refractivity contribution < 1.29 is 0 Å². The maximum absolute atomic E-state index is 6.75. The second-order valence-corrected chi connectivity index (χ2v) is 6.54. The van der Waals surface area contributed by atoms with Crippen LogP contribution in [0.3, 0.4) is 0 Å². The largest absolute Gasteiger partial charge is 0.324 e. The van der Waals surface area contributed by atoms with Crippen LogP contribution in [0.4, 0.5) is 0 Å². The first-order valence-corrected chi connectivity index (χ1v) is 7.06. The minimum absolute atomic E-state index is 0.0786. The molecule has 94 valence electrons. The Kier molecular flexibility index (Phi) is 3.33. The van der Waals surface area contributed by atoms with Crippen LogP contribution < -0.4 is 11.5 Å². The van der Waals surface area contributed by atoms with E-state index in [0.717, 1.165) is 25.2 Å². The molecular formula is C14H28N2. The van der Waals surface area contributed by atoms with Gasteiger partial charge in [0, 0.05) is 11.1 Å². The Labute approximate surface area is 100 Å². The van der Waals surface area contributed by atoms with Gasteiger partial charge in [0.1, 0.15) is 0 Å². The summed E-state index contributed by atoms with van der Waals surface area (Å²) in [6.45, 7) is 4.67. The Morgan fingerprint density at radius 3 is 2.12 bits per heavy atom. The molecule has 0 spiro atoms. The average molecular weight is 224 g/mol. The van der Waals surface area contributed by atoms with E-state index >= 15 is 0 Å². The fourth-order valence-corrected chi connectivity index (χ4v) is 4.05. The van der Waals surface area contributed by atoms with Crippen LogP contribution in [0.15, 0.2) is 0 Å². The molecule has 0 heterocycles. The van der Waals surface area contributed by atoms with Crippen LogP contribution in [0.25, 0.3) is 0 Å². The van der Waals surface area contributed by atoms with Gasteiger partial charge in [0.05, 0.1) is 0 Å². The summed E-state index contributed by atoms with van der Waals surface area (Å²) in [4.78, 5) is 0. The van der Waals surface area contributed by atoms with Gasteiger partial charge in [0.2, 0.25) is 0 Å². The van der Waals surface area contributed by atoms with Crippen molar-refractivity contribution in [1.29, 1.82) is 0 Å². The first-order valence-electron chi connectivity index (χ1n) is 7.06. The minimum Gasteiger partial charge on any atom is -0.324 e. The van der Waals surface area contributed by atoms with Crippen LogP contribution in [-0.4, -0.2) is 11.1 Å². The van der Waals surface area contributed by atoms with Crippen molar-refractivity contribution >= 4 is 0 Å².